The van der Waals surface area contributed by atoms with Gasteiger partial charge in [-0.15, -0.1) is 0 Å². The average Bonchev–Trinajstić information content (AvgIpc) is 3.37. The second kappa shape index (κ2) is 10.9. The van der Waals surface area contributed by atoms with Crippen LogP contribution in [0.3, 0.4) is 0 Å². The largest absolute Gasteiger partial charge is 0.378 e. The number of para-hydroxylation sites is 1. The highest BCUT2D eigenvalue weighted by atomic mass is 32.2. The first-order valence-electron chi connectivity index (χ1n) is 12.4. The van der Waals surface area contributed by atoms with Gasteiger partial charge in [0.15, 0.2) is 0 Å². The fourth-order valence-corrected chi connectivity index (χ4v) is 5.80. The summed E-state index contributed by atoms with van der Waals surface area (Å²) in [5.41, 5.74) is 3.42. The van der Waals surface area contributed by atoms with Crippen molar-refractivity contribution < 1.29 is 24.2 Å². The van der Waals surface area contributed by atoms with E-state index < -0.39 is 21.0 Å². The maximum atomic E-state index is 13.1. The average molecular weight is 564 g/mol. The van der Waals surface area contributed by atoms with Crippen molar-refractivity contribution in [3.8, 4) is 5.69 Å². The minimum absolute atomic E-state index is 0.00965. The molecule has 3 aromatic rings. The molecule has 0 unspecified atom stereocenters. The number of carbonyl (C=O) groups is 2. The van der Waals surface area contributed by atoms with Crippen molar-refractivity contribution in [2.45, 2.75) is 20.4 Å². The number of ether oxygens (including phenoxy) is 1. The molecule has 0 saturated carbocycles. The van der Waals surface area contributed by atoms with E-state index in [9.17, 15) is 29.8 Å². The Kier molecular flexibility index (Phi) is 7.41. The number of anilines is 1. The fraction of sp³-hybridized carbons (Fsp3) is 0.259. The molecular formula is C27H25N5O7S. The Labute approximate surface area is 233 Å². The Morgan fingerprint density at radius 3 is 2.38 bits per heavy atom. The lowest BCUT2D eigenvalue weighted by molar-refractivity contribution is -0.385. The molecule has 13 heteroatoms. The Hall–Kier alpha value is -4.49. The molecule has 12 nitrogen and oxygen atoms in total. The quantitative estimate of drug-likeness (QED) is 0.221. The molecule has 0 spiro atoms. The number of rotatable bonds is 7. The van der Waals surface area contributed by atoms with Crippen molar-refractivity contribution in [2.24, 2.45) is 0 Å². The third kappa shape index (κ3) is 5.08. The first-order chi connectivity index (χ1) is 19.2. The number of nitro benzene ring substituents is 2. The maximum absolute atomic E-state index is 13.1. The number of benzene rings is 2. The van der Waals surface area contributed by atoms with E-state index in [1.165, 1.54) is 24.3 Å². The molecule has 2 saturated heterocycles. The van der Waals surface area contributed by atoms with E-state index in [0.717, 1.165) is 28.0 Å². The minimum atomic E-state index is -0.545. The number of carbonyl (C=O) groups excluding carboxylic acids is 2. The Balaban J connectivity index is 1.44. The van der Waals surface area contributed by atoms with E-state index in [-0.39, 0.29) is 28.4 Å². The molecule has 0 N–H and O–H groups in total. The number of hydrogen-bond donors (Lipinski definition) is 0. The SMILES string of the molecule is Cc1cc(/C=C2\SC(=O)N(Cc3ccccc3[N+](=O)[O-])C2=O)c(C)n1-c1ccc(N2CCOCC2)c([N+](=O)[O-])c1. The second-order valence-corrected chi connectivity index (χ2v) is 10.3. The van der Waals surface area contributed by atoms with E-state index >= 15 is 0 Å². The topological polar surface area (TPSA) is 141 Å². The van der Waals surface area contributed by atoms with Crippen LogP contribution in [0.1, 0.15) is 22.5 Å². The Morgan fingerprint density at radius 2 is 1.68 bits per heavy atom. The van der Waals surface area contributed by atoms with Crippen LogP contribution in [0.4, 0.5) is 21.9 Å². The summed E-state index contributed by atoms with van der Waals surface area (Å²) in [6.45, 7) is 5.62. The van der Waals surface area contributed by atoms with Gasteiger partial charge in [-0.3, -0.25) is 34.7 Å². The third-order valence-corrected chi connectivity index (χ3v) is 7.82. The minimum Gasteiger partial charge on any atom is -0.378 e. The zero-order valence-electron chi connectivity index (χ0n) is 21.7. The van der Waals surface area contributed by atoms with Crippen molar-refractivity contribution in [1.29, 1.82) is 0 Å². The molecule has 206 valence electrons. The molecule has 3 heterocycles. The van der Waals surface area contributed by atoms with Crippen LogP contribution in [0, 0.1) is 34.1 Å². The van der Waals surface area contributed by atoms with Crippen LogP contribution < -0.4 is 4.90 Å². The summed E-state index contributed by atoms with van der Waals surface area (Å²) in [5.74, 6) is -0.538. The molecule has 40 heavy (non-hydrogen) atoms. The lowest BCUT2D eigenvalue weighted by atomic mass is 10.1. The van der Waals surface area contributed by atoms with Gasteiger partial charge in [-0.1, -0.05) is 18.2 Å². The molecule has 5 rings (SSSR count). The smallest absolute Gasteiger partial charge is 0.294 e. The van der Waals surface area contributed by atoms with Gasteiger partial charge >= 0.3 is 0 Å². The molecule has 2 aliphatic heterocycles. The summed E-state index contributed by atoms with van der Waals surface area (Å²) in [6.07, 6.45) is 1.61. The highest BCUT2D eigenvalue weighted by molar-refractivity contribution is 8.18. The fourth-order valence-electron chi connectivity index (χ4n) is 4.97. The summed E-state index contributed by atoms with van der Waals surface area (Å²) in [6, 6.07) is 12.9. The molecular weight excluding hydrogens is 538 g/mol. The predicted octanol–water partition coefficient (Wildman–Crippen LogP) is 4.98. The van der Waals surface area contributed by atoms with Gasteiger partial charge < -0.3 is 14.2 Å². The normalized spacial score (nSPS) is 16.7. The standard InChI is InChI=1S/C27H25N5O7S/c1-17-13-20(14-25-26(33)29(27(34)40-25)16-19-5-3-4-6-22(19)31(35)36)18(2)30(17)21-7-8-23(24(15-21)32(37)38)28-9-11-39-12-10-28/h3-8,13-15H,9-12,16H2,1-2H3/b25-14-. The highest BCUT2D eigenvalue weighted by Crippen LogP contribution is 2.37. The van der Waals surface area contributed by atoms with Crippen molar-refractivity contribution >= 4 is 46.0 Å². The number of aromatic nitrogens is 1. The number of nitro groups is 2. The molecule has 0 bridgehead atoms. The van der Waals surface area contributed by atoms with Gasteiger partial charge in [0.1, 0.15) is 5.69 Å². The van der Waals surface area contributed by atoms with Gasteiger partial charge in [0.2, 0.25) is 0 Å². The predicted molar refractivity (Wildman–Crippen MR) is 150 cm³/mol. The van der Waals surface area contributed by atoms with Gasteiger partial charge in [0, 0.05) is 42.2 Å². The number of hydrogen-bond acceptors (Lipinski definition) is 9. The molecule has 0 aliphatic carbocycles. The molecule has 2 aromatic carbocycles. The van der Waals surface area contributed by atoms with Crippen LogP contribution in [-0.4, -0.2) is 56.8 Å². The summed E-state index contributed by atoms with van der Waals surface area (Å²) < 4.78 is 7.23. The van der Waals surface area contributed by atoms with Crippen LogP contribution in [0.15, 0.2) is 53.4 Å². The van der Waals surface area contributed by atoms with E-state index in [0.29, 0.717) is 43.2 Å². The van der Waals surface area contributed by atoms with Crippen molar-refractivity contribution in [3.63, 3.8) is 0 Å². The Morgan fingerprint density at radius 1 is 0.975 bits per heavy atom. The first kappa shape index (κ1) is 27.1. The van der Waals surface area contributed by atoms with E-state index in [4.69, 9.17) is 4.74 Å². The summed E-state index contributed by atoms with van der Waals surface area (Å²) >= 11 is 0.768. The zero-order chi connectivity index (χ0) is 28.6. The van der Waals surface area contributed by atoms with Gasteiger partial charge in [-0.25, -0.2) is 0 Å². The Bertz CT molecular complexity index is 1580. The van der Waals surface area contributed by atoms with Crippen molar-refractivity contribution in [2.75, 3.05) is 31.2 Å². The molecule has 2 fully saturated rings. The molecule has 1 aromatic heterocycles. The number of aryl methyl sites for hydroxylation is 1. The lowest BCUT2D eigenvalue weighted by Crippen LogP contribution is -2.36. The number of morpholine rings is 1. The lowest BCUT2D eigenvalue weighted by Gasteiger charge is -2.28. The van der Waals surface area contributed by atoms with E-state index in [2.05, 4.69) is 0 Å². The number of imide groups is 1. The van der Waals surface area contributed by atoms with Crippen LogP contribution in [0.25, 0.3) is 11.8 Å². The molecule has 2 aliphatic rings. The maximum Gasteiger partial charge on any atom is 0.294 e. The summed E-state index contributed by atoms with van der Waals surface area (Å²) in [5, 5.41) is 22.8. The number of amides is 2. The van der Waals surface area contributed by atoms with Crippen LogP contribution in [0.2, 0.25) is 0 Å². The summed E-state index contributed by atoms with van der Waals surface area (Å²) in [7, 11) is 0. The van der Waals surface area contributed by atoms with Gasteiger partial charge in [-0.2, -0.15) is 0 Å². The molecule has 0 atom stereocenters. The van der Waals surface area contributed by atoms with E-state index in [1.807, 2.05) is 35.4 Å². The number of nitrogens with zero attached hydrogens (tertiary/aromatic N) is 5. The van der Waals surface area contributed by atoms with Gasteiger partial charge in [0.25, 0.3) is 22.5 Å². The molecule has 0 radical (unpaired) electrons. The van der Waals surface area contributed by atoms with Crippen LogP contribution in [-0.2, 0) is 16.1 Å². The molecule has 2 amide bonds. The highest BCUT2D eigenvalue weighted by Gasteiger charge is 2.36. The van der Waals surface area contributed by atoms with E-state index in [1.54, 1.807) is 18.2 Å². The third-order valence-electron chi connectivity index (χ3n) is 6.91. The van der Waals surface area contributed by atoms with Crippen LogP contribution >= 0.6 is 11.8 Å². The van der Waals surface area contributed by atoms with Gasteiger partial charge in [-0.05, 0) is 55.4 Å². The van der Waals surface area contributed by atoms with Crippen LogP contribution in [0.5, 0.6) is 0 Å². The second-order valence-electron chi connectivity index (χ2n) is 9.35. The monoisotopic (exact) mass is 563 g/mol. The first-order valence-corrected chi connectivity index (χ1v) is 13.3. The van der Waals surface area contributed by atoms with Gasteiger partial charge in [0.05, 0.1) is 40.2 Å². The van der Waals surface area contributed by atoms with Crippen molar-refractivity contribution in [3.05, 3.63) is 96.2 Å². The number of thioether (sulfide) groups is 1. The zero-order valence-corrected chi connectivity index (χ0v) is 22.6. The summed E-state index contributed by atoms with van der Waals surface area (Å²) in [4.78, 5) is 51.3. The van der Waals surface area contributed by atoms with Crippen molar-refractivity contribution in [1.82, 2.24) is 9.47 Å².